The normalized spacial score (nSPS) is 27.1. The van der Waals surface area contributed by atoms with Crippen LogP contribution in [0.2, 0.25) is 0 Å². The summed E-state index contributed by atoms with van der Waals surface area (Å²) in [7, 11) is 0. The molecule has 1 aromatic carbocycles. The number of aromatic nitrogens is 1. The average Bonchev–Trinajstić information content (AvgIpc) is 3.15. The van der Waals surface area contributed by atoms with Crippen LogP contribution in [0, 0.1) is 0 Å². The quantitative estimate of drug-likeness (QED) is 0.799. The first kappa shape index (κ1) is 12.3. The van der Waals surface area contributed by atoms with Crippen molar-refractivity contribution in [2.45, 2.75) is 37.9 Å². The first-order valence-corrected chi connectivity index (χ1v) is 7.93. The van der Waals surface area contributed by atoms with Crippen molar-refractivity contribution in [2.75, 3.05) is 6.54 Å². The Kier molecular flexibility index (Phi) is 2.30. The van der Waals surface area contributed by atoms with Crippen molar-refractivity contribution >= 4 is 22.7 Å². The Morgan fingerprint density at radius 3 is 2.77 bits per heavy atom. The maximum Gasteiger partial charge on any atom is 0.246 e. The highest BCUT2D eigenvalue weighted by Gasteiger charge is 2.49. The van der Waals surface area contributed by atoms with Crippen molar-refractivity contribution in [1.82, 2.24) is 14.8 Å². The number of amides is 2. The molecule has 0 bridgehead atoms. The number of fused-ring (bicyclic) bond motifs is 5. The van der Waals surface area contributed by atoms with Gasteiger partial charge in [-0.1, -0.05) is 18.2 Å². The smallest absolute Gasteiger partial charge is 0.246 e. The van der Waals surface area contributed by atoms with Crippen LogP contribution in [0.25, 0.3) is 10.9 Å². The fourth-order valence-corrected chi connectivity index (χ4v) is 4.33. The molecule has 0 aliphatic carbocycles. The van der Waals surface area contributed by atoms with E-state index in [1.165, 1.54) is 10.9 Å². The molecule has 2 atom stereocenters. The molecule has 3 aliphatic heterocycles. The van der Waals surface area contributed by atoms with Gasteiger partial charge in [0.1, 0.15) is 12.1 Å². The molecule has 1 N–H and O–H groups in total. The fourth-order valence-electron chi connectivity index (χ4n) is 4.33. The van der Waals surface area contributed by atoms with Gasteiger partial charge in [0.25, 0.3) is 0 Å². The monoisotopic (exact) mass is 295 g/mol. The van der Waals surface area contributed by atoms with E-state index < -0.39 is 0 Å². The molecule has 2 amide bonds. The first-order valence-electron chi connectivity index (χ1n) is 7.93. The third-order valence-electron chi connectivity index (χ3n) is 5.39. The van der Waals surface area contributed by atoms with E-state index in [1.54, 1.807) is 4.90 Å². The van der Waals surface area contributed by atoms with E-state index in [2.05, 4.69) is 17.1 Å². The number of benzene rings is 1. The van der Waals surface area contributed by atoms with E-state index in [1.807, 2.05) is 17.0 Å². The lowest BCUT2D eigenvalue weighted by molar-refractivity contribution is -0.160. The Balaban J connectivity index is 1.62. The molecule has 5 nitrogen and oxygen atoms in total. The van der Waals surface area contributed by atoms with Gasteiger partial charge in [0, 0.05) is 29.6 Å². The fraction of sp³-hybridized carbons (Fsp3) is 0.412. The third-order valence-corrected chi connectivity index (χ3v) is 5.39. The Hall–Kier alpha value is -2.30. The minimum atomic E-state index is -0.312. The summed E-state index contributed by atoms with van der Waals surface area (Å²) in [6, 6.07) is 7.64. The van der Waals surface area contributed by atoms with E-state index >= 15 is 0 Å². The summed E-state index contributed by atoms with van der Waals surface area (Å²) in [5.41, 5.74) is 3.38. The van der Waals surface area contributed by atoms with Gasteiger partial charge in [-0.2, -0.15) is 0 Å². The molecular weight excluding hydrogens is 278 g/mol. The van der Waals surface area contributed by atoms with Crippen LogP contribution in [-0.4, -0.2) is 45.2 Å². The van der Waals surface area contributed by atoms with Gasteiger partial charge in [0.05, 0.1) is 6.54 Å². The summed E-state index contributed by atoms with van der Waals surface area (Å²) in [6.45, 7) is 1.27. The highest BCUT2D eigenvalue weighted by Crippen LogP contribution is 2.35. The molecule has 22 heavy (non-hydrogen) atoms. The number of hydrogen-bond acceptors (Lipinski definition) is 2. The van der Waals surface area contributed by atoms with Crippen LogP contribution in [-0.2, 0) is 22.6 Å². The van der Waals surface area contributed by atoms with Crippen LogP contribution in [0.1, 0.15) is 24.1 Å². The largest absolute Gasteiger partial charge is 0.357 e. The van der Waals surface area contributed by atoms with Crippen molar-refractivity contribution < 1.29 is 9.59 Å². The Labute approximate surface area is 127 Å². The Morgan fingerprint density at radius 2 is 1.86 bits per heavy atom. The van der Waals surface area contributed by atoms with Gasteiger partial charge in [0.2, 0.25) is 11.8 Å². The summed E-state index contributed by atoms with van der Waals surface area (Å²) in [5, 5.41) is 1.18. The van der Waals surface area contributed by atoms with Crippen molar-refractivity contribution in [2.24, 2.45) is 0 Å². The maximum absolute atomic E-state index is 12.8. The Morgan fingerprint density at radius 1 is 1.05 bits per heavy atom. The maximum atomic E-state index is 12.8. The number of nitrogens with zero attached hydrogens (tertiary/aromatic N) is 2. The molecule has 3 aliphatic rings. The molecule has 2 unspecified atom stereocenters. The van der Waals surface area contributed by atoms with E-state index in [9.17, 15) is 9.59 Å². The molecule has 2 saturated heterocycles. The van der Waals surface area contributed by atoms with Crippen LogP contribution in [0.3, 0.4) is 0 Å². The molecule has 112 valence electrons. The Bertz CT molecular complexity index is 809. The summed E-state index contributed by atoms with van der Waals surface area (Å²) in [6.07, 6.45) is 2.39. The molecule has 0 radical (unpaired) electrons. The van der Waals surface area contributed by atoms with Gasteiger partial charge in [-0.3, -0.25) is 9.59 Å². The lowest BCUT2D eigenvalue weighted by Crippen LogP contribution is -2.64. The van der Waals surface area contributed by atoms with Gasteiger partial charge < -0.3 is 14.8 Å². The van der Waals surface area contributed by atoms with Crippen molar-refractivity contribution in [1.29, 1.82) is 0 Å². The standard InChI is InChI=1S/C17H17N3O2/c21-16-14-6-3-7-19(14)17(22)15-8-11-10-4-1-2-5-12(10)18-13(11)9-20(15)16/h1-2,4-5,14-15,18H,3,6-9H2. The topological polar surface area (TPSA) is 56.4 Å². The van der Waals surface area contributed by atoms with E-state index in [-0.39, 0.29) is 23.9 Å². The summed E-state index contributed by atoms with van der Waals surface area (Å²) >= 11 is 0. The number of aromatic amines is 1. The van der Waals surface area contributed by atoms with Gasteiger partial charge in [-0.05, 0) is 24.5 Å². The number of carbonyl (C=O) groups excluding carboxylic acids is 2. The number of H-pyrrole nitrogens is 1. The molecule has 4 heterocycles. The molecule has 5 rings (SSSR count). The lowest BCUT2D eigenvalue weighted by Gasteiger charge is -2.44. The zero-order valence-corrected chi connectivity index (χ0v) is 12.2. The average molecular weight is 295 g/mol. The minimum absolute atomic E-state index is 0.131. The van der Waals surface area contributed by atoms with E-state index in [0.29, 0.717) is 13.0 Å². The lowest BCUT2D eigenvalue weighted by atomic mass is 9.92. The zero-order valence-electron chi connectivity index (χ0n) is 12.2. The SMILES string of the molecule is O=C1C2Cc3c([nH]c4ccccc34)CN2C(=O)C2CCCN12. The van der Waals surface area contributed by atoms with Crippen LogP contribution < -0.4 is 0 Å². The molecule has 2 fully saturated rings. The summed E-state index contributed by atoms with van der Waals surface area (Å²) in [5.74, 6) is 0.268. The van der Waals surface area contributed by atoms with Crippen LogP contribution in [0.4, 0.5) is 0 Å². The van der Waals surface area contributed by atoms with E-state index in [0.717, 1.165) is 30.6 Å². The second-order valence-electron chi connectivity index (χ2n) is 6.50. The number of piperazine rings is 1. The predicted octanol–water partition coefficient (Wildman–Crippen LogP) is 1.43. The molecule has 5 heteroatoms. The third kappa shape index (κ3) is 1.43. The molecule has 0 saturated carbocycles. The number of hydrogen-bond donors (Lipinski definition) is 1. The second kappa shape index (κ2) is 4.12. The summed E-state index contributed by atoms with van der Waals surface area (Å²) < 4.78 is 0. The number of para-hydroxylation sites is 1. The summed E-state index contributed by atoms with van der Waals surface area (Å²) in [4.78, 5) is 32.5. The first-order chi connectivity index (χ1) is 10.7. The predicted molar refractivity (Wildman–Crippen MR) is 81.1 cm³/mol. The highest BCUT2D eigenvalue weighted by molar-refractivity contribution is 5.99. The van der Waals surface area contributed by atoms with Gasteiger partial charge in [-0.25, -0.2) is 0 Å². The minimum Gasteiger partial charge on any atom is -0.357 e. The molecule has 2 aromatic rings. The zero-order chi connectivity index (χ0) is 14.8. The number of carbonyl (C=O) groups is 2. The molecular formula is C17H17N3O2. The number of nitrogens with one attached hydrogen (secondary N) is 1. The highest BCUT2D eigenvalue weighted by atomic mass is 16.2. The van der Waals surface area contributed by atoms with Crippen molar-refractivity contribution in [3.63, 3.8) is 0 Å². The van der Waals surface area contributed by atoms with Gasteiger partial charge >= 0.3 is 0 Å². The van der Waals surface area contributed by atoms with Gasteiger partial charge in [0.15, 0.2) is 0 Å². The van der Waals surface area contributed by atoms with Crippen LogP contribution in [0.15, 0.2) is 24.3 Å². The number of rotatable bonds is 0. The van der Waals surface area contributed by atoms with Crippen LogP contribution >= 0.6 is 0 Å². The molecule has 0 spiro atoms. The van der Waals surface area contributed by atoms with E-state index in [4.69, 9.17) is 0 Å². The van der Waals surface area contributed by atoms with Crippen molar-refractivity contribution in [3.05, 3.63) is 35.5 Å². The van der Waals surface area contributed by atoms with Crippen LogP contribution in [0.5, 0.6) is 0 Å². The molecule has 1 aromatic heterocycles. The van der Waals surface area contributed by atoms with Gasteiger partial charge in [-0.15, -0.1) is 0 Å². The second-order valence-corrected chi connectivity index (χ2v) is 6.50. The van der Waals surface area contributed by atoms with Crippen molar-refractivity contribution in [3.8, 4) is 0 Å².